The van der Waals surface area contributed by atoms with Gasteiger partial charge < -0.3 is 0 Å². The van der Waals surface area contributed by atoms with Gasteiger partial charge in [0.25, 0.3) is 0 Å². The fourth-order valence-electron chi connectivity index (χ4n) is 1.92. The van der Waals surface area contributed by atoms with E-state index in [-0.39, 0.29) is 5.75 Å². The van der Waals surface area contributed by atoms with Gasteiger partial charge in [-0.15, -0.1) is 11.6 Å². The lowest BCUT2D eigenvalue weighted by Gasteiger charge is -2.17. The van der Waals surface area contributed by atoms with Crippen LogP contribution in [0.25, 0.3) is 0 Å². The van der Waals surface area contributed by atoms with Crippen molar-refractivity contribution >= 4 is 21.6 Å². The number of sulfonamides is 1. The first-order valence-corrected chi connectivity index (χ1v) is 7.65. The van der Waals surface area contributed by atoms with Crippen LogP contribution >= 0.6 is 11.6 Å². The van der Waals surface area contributed by atoms with Crippen LogP contribution in [0.2, 0.25) is 0 Å². The minimum Gasteiger partial charge on any atom is -0.212 e. The van der Waals surface area contributed by atoms with Crippen LogP contribution in [-0.2, 0) is 10.0 Å². The number of rotatable bonds is 5. The first-order valence-electron chi connectivity index (χ1n) is 5.51. The van der Waals surface area contributed by atoms with Gasteiger partial charge in [0.2, 0.25) is 10.0 Å². The first-order chi connectivity index (χ1) is 6.97. The SMILES string of the molecule is CC(C)C1CCN(S(=O)(=O)CCCCl)C1. The van der Waals surface area contributed by atoms with Crippen molar-refractivity contribution < 1.29 is 8.42 Å². The Labute approximate surface area is 97.8 Å². The van der Waals surface area contributed by atoms with E-state index >= 15 is 0 Å². The molecule has 15 heavy (non-hydrogen) atoms. The average Bonchev–Trinajstić information content (AvgIpc) is 2.64. The zero-order valence-corrected chi connectivity index (χ0v) is 11.0. The molecule has 0 saturated carbocycles. The molecule has 90 valence electrons. The van der Waals surface area contributed by atoms with Crippen LogP contribution in [0, 0.1) is 11.8 Å². The highest BCUT2D eigenvalue weighted by atomic mass is 35.5. The fourth-order valence-corrected chi connectivity index (χ4v) is 3.78. The van der Waals surface area contributed by atoms with E-state index in [0.717, 1.165) is 6.42 Å². The molecule has 5 heteroatoms. The van der Waals surface area contributed by atoms with Crippen molar-refractivity contribution in [2.75, 3.05) is 24.7 Å². The molecule has 1 atom stereocenters. The van der Waals surface area contributed by atoms with Gasteiger partial charge in [0.15, 0.2) is 0 Å². The number of hydrogen-bond donors (Lipinski definition) is 0. The maximum Gasteiger partial charge on any atom is 0.214 e. The van der Waals surface area contributed by atoms with E-state index in [0.29, 0.717) is 37.2 Å². The molecule has 1 aliphatic heterocycles. The smallest absolute Gasteiger partial charge is 0.212 e. The summed E-state index contributed by atoms with van der Waals surface area (Å²) >= 11 is 5.51. The van der Waals surface area contributed by atoms with Crippen LogP contribution < -0.4 is 0 Å². The third-order valence-electron chi connectivity index (χ3n) is 3.06. The highest BCUT2D eigenvalue weighted by Gasteiger charge is 2.31. The minimum atomic E-state index is -3.04. The third-order valence-corrected chi connectivity index (χ3v) is 5.25. The molecule has 0 amide bonds. The van der Waals surface area contributed by atoms with Gasteiger partial charge in [-0.25, -0.2) is 12.7 Å². The predicted octanol–water partition coefficient (Wildman–Crippen LogP) is 1.92. The fraction of sp³-hybridized carbons (Fsp3) is 1.00. The van der Waals surface area contributed by atoms with E-state index in [4.69, 9.17) is 11.6 Å². The van der Waals surface area contributed by atoms with Gasteiger partial charge in [0.1, 0.15) is 0 Å². The van der Waals surface area contributed by atoms with E-state index in [1.165, 1.54) is 0 Å². The second-order valence-electron chi connectivity index (χ2n) is 4.51. The van der Waals surface area contributed by atoms with Crippen molar-refractivity contribution in [2.45, 2.75) is 26.7 Å². The number of hydrogen-bond acceptors (Lipinski definition) is 2. The summed E-state index contributed by atoms with van der Waals surface area (Å²) in [6.45, 7) is 5.69. The molecule has 0 spiro atoms. The molecule has 3 nitrogen and oxygen atoms in total. The van der Waals surface area contributed by atoms with Crippen LogP contribution in [-0.4, -0.2) is 37.4 Å². The summed E-state index contributed by atoms with van der Waals surface area (Å²) in [5.41, 5.74) is 0. The molecule has 0 aromatic heterocycles. The molecule has 1 fully saturated rings. The van der Waals surface area contributed by atoms with Gasteiger partial charge >= 0.3 is 0 Å². The minimum absolute atomic E-state index is 0.196. The van der Waals surface area contributed by atoms with Gasteiger partial charge in [-0.1, -0.05) is 13.8 Å². The van der Waals surface area contributed by atoms with Crippen molar-refractivity contribution in [3.63, 3.8) is 0 Å². The van der Waals surface area contributed by atoms with Crippen LogP contribution in [0.1, 0.15) is 26.7 Å². The Hall–Kier alpha value is 0.200. The van der Waals surface area contributed by atoms with Gasteiger partial charge in [-0.2, -0.15) is 0 Å². The maximum absolute atomic E-state index is 11.8. The van der Waals surface area contributed by atoms with Gasteiger partial charge in [-0.3, -0.25) is 0 Å². The topological polar surface area (TPSA) is 37.4 Å². The van der Waals surface area contributed by atoms with Crippen molar-refractivity contribution in [1.29, 1.82) is 0 Å². The quantitative estimate of drug-likeness (QED) is 0.702. The largest absolute Gasteiger partial charge is 0.214 e. The van der Waals surface area contributed by atoms with E-state index < -0.39 is 10.0 Å². The first kappa shape index (κ1) is 13.3. The molecular weight excluding hydrogens is 234 g/mol. The van der Waals surface area contributed by atoms with Gasteiger partial charge in [0.05, 0.1) is 5.75 Å². The van der Waals surface area contributed by atoms with Crippen molar-refractivity contribution in [3.8, 4) is 0 Å². The maximum atomic E-state index is 11.8. The molecule has 1 aliphatic rings. The summed E-state index contributed by atoms with van der Waals surface area (Å²) in [5.74, 6) is 1.70. The Kier molecular flexibility index (Phi) is 4.87. The molecule has 1 unspecified atom stereocenters. The molecular formula is C10H20ClNO2S. The van der Waals surface area contributed by atoms with E-state index in [2.05, 4.69) is 13.8 Å². The van der Waals surface area contributed by atoms with Crippen LogP contribution in [0.5, 0.6) is 0 Å². The van der Waals surface area contributed by atoms with Crippen molar-refractivity contribution in [1.82, 2.24) is 4.31 Å². The standard InChI is InChI=1S/C10H20ClNO2S/c1-9(2)10-4-6-12(8-10)15(13,14)7-3-5-11/h9-10H,3-8H2,1-2H3. The normalized spacial score (nSPS) is 23.9. The Bertz CT molecular complexity index is 290. The summed E-state index contributed by atoms with van der Waals surface area (Å²) in [5, 5.41) is 0. The Balaban J connectivity index is 2.52. The molecule has 0 aromatic rings. The molecule has 0 N–H and O–H groups in total. The van der Waals surface area contributed by atoms with Crippen LogP contribution in [0.4, 0.5) is 0 Å². The Morgan fingerprint density at radius 1 is 1.47 bits per heavy atom. The van der Waals surface area contributed by atoms with E-state index in [9.17, 15) is 8.42 Å². The molecule has 0 aliphatic carbocycles. The Morgan fingerprint density at radius 2 is 2.13 bits per heavy atom. The lowest BCUT2D eigenvalue weighted by molar-refractivity contribution is 0.388. The third kappa shape index (κ3) is 3.61. The van der Waals surface area contributed by atoms with Gasteiger partial charge in [0, 0.05) is 19.0 Å². The summed E-state index contributed by atoms with van der Waals surface area (Å²) in [4.78, 5) is 0. The summed E-state index contributed by atoms with van der Waals surface area (Å²) in [6.07, 6.45) is 1.55. The monoisotopic (exact) mass is 253 g/mol. The number of alkyl halides is 1. The zero-order chi connectivity index (χ0) is 11.5. The zero-order valence-electron chi connectivity index (χ0n) is 9.45. The molecule has 1 saturated heterocycles. The number of nitrogens with zero attached hydrogens (tertiary/aromatic N) is 1. The predicted molar refractivity (Wildman–Crippen MR) is 63.6 cm³/mol. The van der Waals surface area contributed by atoms with E-state index in [1.54, 1.807) is 4.31 Å². The molecule has 0 radical (unpaired) electrons. The summed E-state index contributed by atoms with van der Waals surface area (Å²) in [7, 11) is -3.04. The van der Waals surface area contributed by atoms with Crippen LogP contribution in [0.15, 0.2) is 0 Å². The van der Waals surface area contributed by atoms with Crippen molar-refractivity contribution in [2.24, 2.45) is 11.8 Å². The lowest BCUT2D eigenvalue weighted by Crippen LogP contribution is -2.31. The lowest BCUT2D eigenvalue weighted by atomic mass is 9.96. The Morgan fingerprint density at radius 3 is 2.60 bits per heavy atom. The highest BCUT2D eigenvalue weighted by Crippen LogP contribution is 2.25. The molecule has 0 bridgehead atoms. The highest BCUT2D eigenvalue weighted by molar-refractivity contribution is 7.89. The van der Waals surface area contributed by atoms with Crippen molar-refractivity contribution in [3.05, 3.63) is 0 Å². The molecule has 1 rings (SSSR count). The average molecular weight is 254 g/mol. The van der Waals surface area contributed by atoms with Gasteiger partial charge in [-0.05, 0) is 24.7 Å². The summed E-state index contributed by atoms with van der Waals surface area (Å²) in [6, 6.07) is 0. The molecule has 0 aromatic carbocycles. The van der Waals surface area contributed by atoms with Crippen LogP contribution in [0.3, 0.4) is 0 Å². The molecule has 1 heterocycles. The second kappa shape index (κ2) is 5.51. The summed E-state index contributed by atoms with van der Waals surface area (Å²) < 4.78 is 25.3. The van der Waals surface area contributed by atoms with E-state index in [1.807, 2.05) is 0 Å². The number of halogens is 1. The second-order valence-corrected chi connectivity index (χ2v) is 6.98.